The summed E-state index contributed by atoms with van der Waals surface area (Å²) in [6, 6.07) is -0.690. The Balaban J connectivity index is 2.80. The third-order valence-corrected chi connectivity index (χ3v) is 3.43. The molecule has 0 bridgehead atoms. The Morgan fingerprint density at radius 2 is 1.90 bits per heavy atom. The lowest BCUT2D eigenvalue weighted by atomic mass is 10.0. The van der Waals surface area contributed by atoms with Crippen LogP contribution in [-0.2, 0) is 31.9 Å². The lowest BCUT2D eigenvalue weighted by Gasteiger charge is -2.09. The number of aromatic amines is 1. The maximum atomic E-state index is 11.4. The summed E-state index contributed by atoms with van der Waals surface area (Å²) in [5, 5.41) is 0. The maximum Gasteiger partial charge on any atom is 0.323 e. The van der Waals surface area contributed by atoms with Gasteiger partial charge in [0.15, 0.2) is 0 Å². The van der Waals surface area contributed by atoms with E-state index in [-0.39, 0.29) is 5.97 Å². The third-order valence-electron chi connectivity index (χ3n) is 3.43. The number of ether oxygens (including phenoxy) is 2. The fourth-order valence-electron chi connectivity index (χ4n) is 2.22. The summed E-state index contributed by atoms with van der Waals surface area (Å²) in [6.07, 6.45) is 1.32. The molecule has 112 valence electrons. The first-order valence-corrected chi connectivity index (χ1v) is 6.47. The van der Waals surface area contributed by atoms with E-state index in [1.54, 1.807) is 0 Å². The number of esters is 2. The number of carbonyl (C=O) groups excluding carboxylic acids is 2. The van der Waals surface area contributed by atoms with Crippen molar-refractivity contribution in [2.45, 2.75) is 39.2 Å². The Labute approximate surface area is 118 Å². The van der Waals surface area contributed by atoms with Crippen molar-refractivity contribution >= 4 is 11.9 Å². The number of carbonyl (C=O) groups is 2. The molecule has 0 aromatic carbocycles. The van der Waals surface area contributed by atoms with E-state index in [4.69, 9.17) is 5.73 Å². The highest BCUT2D eigenvalue weighted by molar-refractivity contribution is 5.75. The van der Waals surface area contributed by atoms with Gasteiger partial charge in [0.2, 0.25) is 0 Å². The van der Waals surface area contributed by atoms with Gasteiger partial charge >= 0.3 is 11.9 Å². The van der Waals surface area contributed by atoms with Crippen molar-refractivity contribution in [2.75, 3.05) is 14.2 Å². The summed E-state index contributed by atoms with van der Waals surface area (Å²) in [6.45, 7) is 3.89. The van der Waals surface area contributed by atoms with Crippen LogP contribution in [0.2, 0.25) is 0 Å². The van der Waals surface area contributed by atoms with Gasteiger partial charge in [-0.2, -0.15) is 0 Å². The number of nitrogens with two attached hydrogens (primary N) is 1. The van der Waals surface area contributed by atoms with Gasteiger partial charge in [0.1, 0.15) is 6.04 Å². The number of hydrogen-bond acceptors (Lipinski definition) is 5. The van der Waals surface area contributed by atoms with Crippen LogP contribution >= 0.6 is 0 Å². The number of H-pyrrole nitrogens is 1. The largest absolute Gasteiger partial charge is 0.469 e. The molecule has 6 heteroatoms. The Kier molecular flexibility index (Phi) is 5.76. The maximum absolute atomic E-state index is 11.4. The number of aromatic nitrogens is 1. The van der Waals surface area contributed by atoms with Crippen molar-refractivity contribution in [1.29, 1.82) is 0 Å². The summed E-state index contributed by atoms with van der Waals surface area (Å²) in [4.78, 5) is 25.8. The molecule has 0 aliphatic rings. The van der Waals surface area contributed by atoms with E-state index in [1.807, 2.05) is 13.8 Å². The quantitative estimate of drug-likeness (QED) is 0.752. The van der Waals surface area contributed by atoms with E-state index in [0.717, 1.165) is 22.5 Å². The van der Waals surface area contributed by atoms with Gasteiger partial charge in [-0.05, 0) is 31.4 Å². The number of aryl methyl sites for hydroxylation is 1. The minimum absolute atomic E-state index is 0.238. The predicted octanol–water partition coefficient (Wildman–Crippen LogP) is 0.780. The number of hydrogen-bond donors (Lipinski definition) is 2. The highest BCUT2D eigenvalue weighted by atomic mass is 16.5. The molecule has 0 amide bonds. The summed E-state index contributed by atoms with van der Waals surface area (Å²) in [7, 11) is 2.69. The second kappa shape index (κ2) is 7.09. The van der Waals surface area contributed by atoms with E-state index in [9.17, 15) is 9.59 Å². The van der Waals surface area contributed by atoms with E-state index >= 15 is 0 Å². The van der Waals surface area contributed by atoms with Crippen LogP contribution in [-0.4, -0.2) is 37.2 Å². The standard InChI is InChI=1S/C14H22N2O4/c1-8-10(5-6-13(17)19-3)9(2)16-12(8)7-11(15)14(18)20-4/h11,16H,5-7,15H2,1-4H3. The SMILES string of the molecule is COC(=O)CCc1c(C)[nH]c(CC(N)C(=O)OC)c1C. The van der Waals surface area contributed by atoms with E-state index in [1.165, 1.54) is 14.2 Å². The molecule has 0 spiro atoms. The summed E-state index contributed by atoms with van der Waals surface area (Å²) >= 11 is 0. The van der Waals surface area contributed by atoms with Crippen LogP contribution in [0.1, 0.15) is 28.9 Å². The van der Waals surface area contributed by atoms with E-state index in [0.29, 0.717) is 19.3 Å². The lowest BCUT2D eigenvalue weighted by Crippen LogP contribution is -2.33. The normalized spacial score (nSPS) is 12.1. The average molecular weight is 282 g/mol. The van der Waals surface area contributed by atoms with Gasteiger partial charge < -0.3 is 20.2 Å². The minimum atomic E-state index is -0.690. The Bertz CT molecular complexity index is 494. The zero-order valence-electron chi connectivity index (χ0n) is 12.4. The molecule has 0 aliphatic heterocycles. The van der Waals surface area contributed by atoms with Crippen LogP contribution in [0.15, 0.2) is 0 Å². The molecule has 1 atom stereocenters. The first-order valence-electron chi connectivity index (χ1n) is 6.47. The summed E-state index contributed by atoms with van der Waals surface area (Å²) in [5.41, 5.74) is 9.76. The summed E-state index contributed by atoms with van der Waals surface area (Å²) < 4.78 is 9.25. The Morgan fingerprint density at radius 1 is 1.25 bits per heavy atom. The fourth-order valence-corrected chi connectivity index (χ4v) is 2.22. The fraction of sp³-hybridized carbons (Fsp3) is 0.571. The molecule has 1 rings (SSSR count). The molecule has 1 unspecified atom stereocenters. The number of methoxy groups -OCH3 is 2. The zero-order valence-corrected chi connectivity index (χ0v) is 12.4. The minimum Gasteiger partial charge on any atom is -0.469 e. The van der Waals surface area contributed by atoms with Crippen LogP contribution < -0.4 is 5.73 Å². The molecule has 0 fully saturated rings. The molecular weight excluding hydrogens is 260 g/mol. The molecule has 1 aromatic heterocycles. The Hall–Kier alpha value is -1.82. The number of rotatable bonds is 6. The first kappa shape index (κ1) is 16.2. The molecule has 0 saturated heterocycles. The van der Waals surface area contributed by atoms with Gasteiger partial charge in [-0.1, -0.05) is 0 Å². The monoisotopic (exact) mass is 282 g/mol. The Morgan fingerprint density at radius 3 is 2.45 bits per heavy atom. The topological polar surface area (TPSA) is 94.4 Å². The van der Waals surface area contributed by atoms with E-state index in [2.05, 4.69) is 14.5 Å². The van der Waals surface area contributed by atoms with Crippen molar-refractivity contribution in [1.82, 2.24) is 4.98 Å². The highest BCUT2D eigenvalue weighted by Gasteiger charge is 2.19. The molecule has 0 saturated carbocycles. The second-order valence-electron chi connectivity index (χ2n) is 4.74. The van der Waals surface area contributed by atoms with Crippen LogP contribution in [0.4, 0.5) is 0 Å². The van der Waals surface area contributed by atoms with Crippen molar-refractivity contribution in [2.24, 2.45) is 5.73 Å². The first-order chi connectivity index (χ1) is 9.40. The molecule has 1 heterocycles. The van der Waals surface area contributed by atoms with Crippen LogP contribution in [0.3, 0.4) is 0 Å². The van der Waals surface area contributed by atoms with Gasteiger partial charge in [0.05, 0.1) is 14.2 Å². The van der Waals surface area contributed by atoms with Crippen molar-refractivity contribution in [3.63, 3.8) is 0 Å². The van der Waals surface area contributed by atoms with Crippen molar-refractivity contribution in [3.05, 3.63) is 22.5 Å². The predicted molar refractivity (Wildman–Crippen MR) is 74.3 cm³/mol. The van der Waals surface area contributed by atoms with Gasteiger partial charge in [0, 0.05) is 24.2 Å². The third kappa shape index (κ3) is 3.84. The van der Waals surface area contributed by atoms with Crippen LogP contribution in [0.5, 0.6) is 0 Å². The number of nitrogens with one attached hydrogen (secondary N) is 1. The molecule has 0 radical (unpaired) electrons. The second-order valence-corrected chi connectivity index (χ2v) is 4.74. The smallest absolute Gasteiger partial charge is 0.323 e. The van der Waals surface area contributed by atoms with Crippen molar-refractivity contribution < 1.29 is 19.1 Å². The summed E-state index contributed by atoms with van der Waals surface area (Å²) in [5.74, 6) is -0.675. The van der Waals surface area contributed by atoms with Gasteiger partial charge in [-0.15, -0.1) is 0 Å². The lowest BCUT2D eigenvalue weighted by molar-refractivity contribution is -0.142. The molecule has 20 heavy (non-hydrogen) atoms. The van der Waals surface area contributed by atoms with Crippen LogP contribution in [0.25, 0.3) is 0 Å². The molecular formula is C14H22N2O4. The molecule has 3 N–H and O–H groups in total. The van der Waals surface area contributed by atoms with Gasteiger partial charge in [0.25, 0.3) is 0 Å². The van der Waals surface area contributed by atoms with Gasteiger partial charge in [-0.25, -0.2) is 0 Å². The van der Waals surface area contributed by atoms with Crippen molar-refractivity contribution in [3.8, 4) is 0 Å². The molecule has 0 aliphatic carbocycles. The highest BCUT2D eigenvalue weighted by Crippen LogP contribution is 2.20. The van der Waals surface area contributed by atoms with E-state index < -0.39 is 12.0 Å². The molecule has 1 aromatic rings. The zero-order chi connectivity index (χ0) is 15.3. The molecule has 6 nitrogen and oxygen atoms in total. The van der Waals surface area contributed by atoms with Crippen LogP contribution in [0, 0.1) is 13.8 Å². The van der Waals surface area contributed by atoms with Gasteiger partial charge in [-0.3, -0.25) is 9.59 Å². The average Bonchev–Trinajstić information content (AvgIpc) is 2.69.